The summed E-state index contributed by atoms with van der Waals surface area (Å²) in [5.41, 5.74) is -0.312. The molecule has 0 aromatic heterocycles. The molecule has 0 unspecified atom stereocenters. The molecule has 0 aromatic carbocycles. The van der Waals surface area contributed by atoms with E-state index in [-0.39, 0.29) is 5.73 Å². The fourth-order valence-electron chi connectivity index (χ4n) is 2.27. The Hall–Kier alpha value is -0.385. The van der Waals surface area contributed by atoms with Gasteiger partial charge in [0.05, 0.1) is 11.2 Å². The zero-order chi connectivity index (χ0) is 13.4. The van der Waals surface area contributed by atoms with Crippen LogP contribution in [-0.4, -0.2) is 31.4 Å². The van der Waals surface area contributed by atoms with Crippen molar-refractivity contribution >= 4 is 7.12 Å². The van der Waals surface area contributed by atoms with E-state index in [1.807, 2.05) is 27.7 Å². The van der Waals surface area contributed by atoms with Crippen LogP contribution in [0.2, 0.25) is 0 Å². The number of nitrogens with one attached hydrogen (secondary N) is 1. The van der Waals surface area contributed by atoms with Crippen molar-refractivity contribution in [3.63, 3.8) is 0 Å². The molecule has 18 heavy (non-hydrogen) atoms. The van der Waals surface area contributed by atoms with Crippen molar-refractivity contribution in [3.05, 3.63) is 11.3 Å². The molecule has 0 amide bonds. The van der Waals surface area contributed by atoms with E-state index >= 15 is 0 Å². The van der Waals surface area contributed by atoms with E-state index in [2.05, 4.69) is 5.32 Å². The van der Waals surface area contributed by atoms with Crippen molar-refractivity contribution in [1.29, 1.82) is 0 Å². The molecular weight excluding hydrogens is 232 g/mol. The smallest absolute Gasteiger partial charge is 0.398 e. The Bertz CT molecular complexity index is 329. The highest BCUT2D eigenvalue weighted by Gasteiger charge is 2.53. The first-order valence-corrected chi connectivity index (χ1v) is 6.77. The minimum Gasteiger partial charge on any atom is -0.398 e. The normalized spacial score (nSPS) is 30.2. The van der Waals surface area contributed by atoms with E-state index < -0.39 is 18.3 Å². The Labute approximate surface area is 109 Å². The minimum atomic E-state index is -0.830. The van der Waals surface area contributed by atoms with E-state index in [9.17, 15) is 4.39 Å². The Morgan fingerprint density at radius 1 is 1.11 bits per heavy atom. The zero-order valence-corrected chi connectivity index (χ0v) is 11.8. The third-order valence-electron chi connectivity index (χ3n) is 4.23. The van der Waals surface area contributed by atoms with E-state index in [4.69, 9.17) is 9.31 Å². The predicted octanol–water partition coefficient (Wildman–Crippen LogP) is 2.61. The predicted molar refractivity (Wildman–Crippen MR) is 70.9 cm³/mol. The van der Waals surface area contributed by atoms with Gasteiger partial charge in [0.2, 0.25) is 0 Å². The van der Waals surface area contributed by atoms with Crippen molar-refractivity contribution in [2.24, 2.45) is 0 Å². The van der Waals surface area contributed by atoms with Gasteiger partial charge in [0.25, 0.3) is 0 Å². The lowest BCUT2D eigenvalue weighted by atomic mass is 9.83. The summed E-state index contributed by atoms with van der Waals surface area (Å²) in [5.74, 6) is 0. The summed E-state index contributed by atoms with van der Waals surface area (Å²) in [6.45, 7) is 9.57. The van der Waals surface area contributed by atoms with Crippen LogP contribution in [-0.2, 0) is 9.31 Å². The van der Waals surface area contributed by atoms with Gasteiger partial charge in [-0.2, -0.15) is 0 Å². The van der Waals surface area contributed by atoms with Gasteiger partial charge in [0.15, 0.2) is 0 Å². The van der Waals surface area contributed by atoms with Gasteiger partial charge >= 0.3 is 7.12 Å². The second-order valence-electron chi connectivity index (χ2n) is 6.14. The van der Waals surface area contributed by atoms with Gasteiger partial charge in [0, 0.05) is 0 Å². The van der Waals surface area contributed by atoms with Crippen molar-refractivity contribution < 1.29 is 13.7 Å². The van der Waals surface area contributed by atoms with Crippen molar-refractivity contribution in [3.8, 4) is 0 Å². The molecule has 2 fully saturated rings. The molecule has 2 saturated heterocycles. The molecule has 0 bridgehead atoms. The summed E-state index contributed by atoms with van der Waals surface area (Å²) in [6, 6.07) is 0. The van der Waals surface area contributed by atoms with Crippen LogP contribution in [0.1, 0.15) is 47.0 Å². The summed E-state index contributed by atoms with van der Waals surface area (Å²) < 4.78 is 26.0. The molecule has 2 rings (SSSR count). The van der Waals surface area contributed by atoms with Crippen LogP contribution in [0.4, 0.5) is 4.39 Å². The summed E-state index contributed by atoms with van der Waals surface area (Å²) >= 11 is 0. The molecule has 0 saturated carbocycles. The third kappa shape index (κ3) is 2.63. The highest BCUT2D eigenvalue weighted by atomic mass is 19.1. The van der Waals surface area contributed by atoms with Gasteiger partial charge in [0.1, 0.15) is 5.73 Å². The van der Waals surface area contributed by atoms with Gasteiger partial charge in [-0.3, -0.25) is 0 Å². The molecule has 2 heterocycles. The van der Waals surface area contributed by atoms with Crippen molar-refractivity contribution in [2.45, 2.75) is 58.2 Å². The molecule has 0 spiro atoms. The summed E-state index contributed by atoms with van der Waals surface area (Å²) in [5, 5.41) is 3.27. The topological polar surface area (TPSA) is 30.5 Å². The van der Waals surface area contributed by atoms with E-state index in [1.165, 1.54) is 0 Å². The maximum Gasteiger partial charge on any atom is 0.525 e. The highest BCUT2D eigenvalue weighted by Crippen LogP contribution is 2.39. The van der Waals surface area contributed by atoms with Crippen LogP contribution >= 0.6 is 0 Å². The van der Waals surface area contributed by atoms with Gasteiger partial charge in [-0.05, 0) is 65.6 Å². The molecule has 0 aromatic rings. The standard InChI is InChI=1S/C13H23BFNO2/c1-12(2)13(3,4)18-14(17-12)11(15)10-6-5-8-16-9-7-10/h16H,5-9H2,1-4H3. The van der Waals surface area contributed by atoms with Crippen LogP contribution in [0.25, 0.3) is 0 Å². The van der Waals surface area contributed by atoms with E-state index in [0.29, 0.717) is 0 Å². The first kappa shape index (κ1) is 14.0. The lowest BCUT2D eigenvalue weighted by molar-refractivity contribution is 0.00578. The summed E-state index contributed by atoms with van der Waals surface area (Å²) in [6.07, 6.45) is 2.51. The number of hydrogen-bond donors (Lipinski definition) is 1. The van der Waals surface area contributed by atoms with Gasteiger partial charge < -0.3 is 14.6 Å². The molecule has 5 heteroatoms. The fraction of sp³-hybridized carbons (Fsp3) is 0.846. The molecule has 3 nitrogen and oxygen atoms in total. The Morgan fingerprint density at radius 2 is 1.72 bits per heavy atom. The van der Waals surface area contributed by atoms with Crippen molar-refractivity contribution in [2.75, 3.05) is 13.1 Å². The first-order valence-electron chi connectivity index (χ1n) is 6.77. The third-order valence-corrected chi connectivity index (χ3v) is 4.23. The average molecular weight is 255 g/mol. The summed E-state index contributed by atoms with van der Waals surface area (Å²) in [4.78, 5) is 0. The van der Waals surface area contributed by atoms with Crippen LogP contribution < -0.4 is 5.32 Å². The monoisotopic (exact) mass is 255 g/mol. The minimum absolute atomic E-state index is 0.211. The maximum atomic E-state index is 14.5. The van der Waals surface area contributed by atoms with Crippen LogP contribution in [0.3, 0.4) is 0 Å². The number of rotatable bonds is 1. The molecule has 0 aliphatic carbocycles. The largest absolute Gasteiger partial charge is 0.525 e. The van der Waals surface area contributed by atoms with Crippen LogP contribution in [0.5, 0.6) is 0 Å². The second-order valence-corrected chi connectivity index (χ2v) is 6.14. The quantitative estimate of drug-likeness (QED) is 0.730. The van der Waals surface area contributed by atoms with Crippen LogP contribution in [0.15, 0.2) is 11.3 Å². The first-order chi connectivity index (χ1) is 8.33. The number of hydrogen-bond acceptors (Lipinski definition) is 3. The SMILES string of the molecule is CC1(C)OB(C(F)=C2CCCNCC2)OC1(C)C. The van der Waals surface area contributed by atoms with Gasteiger partial charge in [-0.25, -0.2) is 4.39 Å². The Morgan fingerprint density at radius 3 is 2.33 bits per heavy atom. The lowest BCUT2D eigenvalue weighted by Crippen LogP contribution is -2.41. The molecule has 102 valence electrons. The molecule has 2 aliphatic rings. The summed E-state index contributed by atoms with van der Waals surface area (Å²) in [7, 11) is -0.830. The molecule has 0 radical (unpaired) electrons. The zero-order valence-electron chi connectivity index (χ0n) is 11.8. The maximum absolute atomic E-state index is 14.5. The molecule has 0 atom stereocenters. The van der Waals surface area contributed by atoms with Crippen molar-refractivity contribution in [1.82, 2.24) is 5.32 Å². The van der Waals surface area contributed by atoms with Crippen LogP contribution in [0, 0.1) is 0 Å². The molecule has 2 aliphatic heterocycles. The average Bonchev–Trinajstić information content (AvgIpc) is 2.50. The van der Waals surface area contributed by atoms with E-state index in [0.717, 1.165) is 37.9 Å². The Balaban J connectivity index is 2.15. The second kappa shape index (κ2) is 4.95. The number of halogens is 1. The Kier molecular flexibility index (Phi) is 3.86. The molecule has 1 N–H and O–H groups in total. The van der Waals surface area contributed by atoms with Gasteiger partial charge in [-0.1, -0.05) is 0 Å². The van der Waals surface area contributed by atoms with E-state index in [1.54, 1.807) is 0 Å². The molecular formula is C13H23BFNO2. The fourth-order valence-corrected chi connectivity index (χ4v) is 2.27. The van der Waals surface area contributed by atoms with Gasteiger partial charge in [-0.15, -0.1) is 0 Å². The lowest BCUT2D eigenvalue weighted by Gasteiger charge is -2.32. The highest BCUT2D eigenvalue weighted by molar-refractivity contribution is 6.53.